The summed E-state index contributed by atoms with van der Waals surface area (Å²) in [4.78, 5) is 16.0. The number of hydrogen-bond acceptors (Lipinski definition) is 5. The number of benzene rings is 1. The molecule has 2 rings (SSSR count). The van der Waals surface area contributed by atoms with E-state index in [-0.39, 0.29) is 5.12 Å². The molecule has 5 heteroatoms. The average molecular weight is 293 g/mol. The maximum absolute atomic E-state index is 11.7. The van der Waals surface area contributed by atoms with E-state index >= 15 is 0 Å². The number of thioether (sulfide) groups is 2. The molecule has 1 heterocycles. The van der Waals surface area contributed by atoms with Gasteiger partial charge >= 0.3 is 0 Å². The van der Waals surface area contributed by atoms with Crippen molar-refractivity contribution in [2.45, 2.75) is 13.8 Å². The van der Waals surface area contributed by atoms with Crippen molar-refractivity contribution in [1.29, 1.82) is 0 Å². The first-order valence-corrected chi connectivity index (χ1v) is 7.98. The van der Waals surface area contributed by atoms with Gasteiger partial charge in [-0.05, 0) is 61.2 Å². The monoisotopic (exact) mass is 293 g/mol. The molecule has 1 aromatic carbocycles. The third-order valence-corrected chi connectivity index (χ3v) is 4.43. The SMILES string of the molecule is CCOc1ccc(C=C2N=C(SC)SC2=O)cc1C. The lowest BCUT2D eigenvalue weighted by molar-refractivity contribution is -0.107. The van der Waals surface area contributed by atoms with Crippen LogP contribution in [0.25, 0.3) is 6.08 Å². The van der Waals surface area contributed by atoms with Gasteiger partial charge in [0.05, 0.1) is 6.61 Å². The second-order valence-corrected chi connectivity index (χ2v) is 5.97. The Morgan fingerprint density at radius 3 is 2.84 bits per heavy atom. The molecular formula is C14H15NO2S2. The summed E-state index contributed by atoms with van der Waals surface area (Å²) in [7, 11) is 0. The van der Waals surface area contributed by atoms with E-state index in [0.29, 0.717) is 12.3 Å². The number of rotatable bonds is 3. The van der Waals surface area contributed by atoms with Gasteiger partial charge in [0, 0.05) is 0 Å². The Morgan fingerprint density at radius 2 is 2.26 bits per heavy atom. The summed E-state index contributed by atoms with van der Waals surface area (Å²) in [6.45, 7) is 4.61. The molecular weight excluding hydrogens is 278 g/mol. The van der Waals surface area contributed by atoms with E-state index in [2.05, 4.69) is 4.99 Å². The van der Waals surface area contributed by atoms with Crippen LogP contribution in [-0.2, 0) is 4.79 Å². The van der Waals surface area contributed by atoms with Crippen molar-refractivity contribution in [3.63, 3.8) is 0 Å². The Balaban J connectivity index is 2.26. The van der Waals surface area contributed by atoms with Crippen molar-refractivity contribution in [3.8, 4) is 5.75 Å². The van der Waals surface area contributed by atoms with Crippen LogP contribution in [0.5, 0.6) is 5.75 Å². The van der Waals surface area contributed by atoms with Crippen LogP contribution in [0.2, 0.25) is 0 Å². The van der Waals surface area contributed by atoms with Gasteiger partial charge in [-0.1, -0.05) is 6.07 Å². The summed E-state index contributed by atoms with van der Waals surface area (Å²) < 4.78 is 6.30. The highest BCUT2D eigenvalue weighted by molar-refractivity contribution is 8.45. The Labute approximate surface area is 121 Å². The van der Waals surface area contributed by atoms with Crippen molar-refractivity contribution in [1.82, 2.24) is 0 Å². The highest BCUT2D eigenvalue weighted by Crippen LogP contribution is 2.30. The van der Waals surface area contributed by atoms with Crippen molar-refractivity contribution >= 4 is 39.1 Å². The smallest absolute Gasteiger partial charge is 0.244 e. The van der Waals surface area contributed by atoms with Crippen LogP contribution in [0, 0.1) is 6.92 Å². The van der Waals surface area contributed by atoms with Crippen molar-refractivity contribution < 1.29 is 9.53 Å². The molecule has 0 fully saturated rings. The van der Waals surface area contributed by atoms with E-state index < -0.39 is 0 Å². The first-order chi connectivity index (χ1) is 9.13. The normalized spacial score (nSPS) is 16.9. The zero-order valence-corrected chi connectivity index (χ0v) is 12.7. The van der Waals surface area contributed by atoms with Crippen LogP contribution < -0.4 is 4.74 Å². The highest BCUT2D eigenvalue weighted by atomic mass is 32.2. The lowest BCUT2D eigenvalue weighted by atomic mass is 10.1. The van der Waals surface area contributed by atoms with Gasteiger partial charge in [0.2, 0.25) is 5.12 Å². The van der Waals surface area contributed by atoms with Gasteiger partial charge in [-0.2, -0.15) is 0 Å². The molecule has 0 bridgehead atoms. The Morgan fingerprint density at radius 1 is 1.47 bits per heavy atom. The molecule has 0 unspecified atom stereocenters. The molecule has 0 saturated heterocycles. The number of aryl methyl sites for hydroxylation is 1. The second-order valence-electron chi connectivity index (χ2n) is 3.96. The number of aliphatic imine (C=N–C) groups is 1. The first kappa shape index (κ1) is 14.2. The standard InChI is InChI=1S/C14H15NO2S2/c1-4-17-12-6-5-10(7-9(12)2)8-11-13(16)19-14(15-11)18-3/h5-8H,4H2,1-3H3. The predicted octanol–water partition coefficient (Wildman–Crippen LogP) is 3.73. The van der Waals surface area contributed by atoms with Crippen molar-refractivity contribution in [2.24, 2.45) is 4.99 Å². The zero-order valence-electron chi connectivity index (χ0n) is 11.1. The van der Waals surface area contributed by atoms with Gasteiger partial charge in [-0.3, -0.25) is 4.79 Å². The van der Waals surface area contributed by atoms with Crippen molar-refractivity contribution in [3.05, 3.63) is 35.0 Å². The Kier molecular flexibility index (Phi) is 4.71. The molecule has 0 amide bonds. The van der Waals surface area contributed by atoms with Gasteiger partial charge in [-0.25, -0.2) is 4.99 Å². The summed E-state index contributed by atoms with van der Waals surface area (Å²) in [6.07, 6.45) is 3.74. The maximum atomic E-state index is 11.7. The maximum Gasteiger partial charge on any atom is 0.244 e. The largest absolute Gasteiger partial charge is 0.494 e. The summed E-state index contributed by atoms with van der Waals surface area (Å²) >= 11 is 2.68. The van der Waals surface area contributed by atoms with Gasteiger partial charge in [0.25, 0.3) is 0 Å². The molecule has 0 atom stereocenters. The lowest BCUT2D eigenvalue weighted by Gasteiger charge is -2.07. The number of carbonyl (C=O) groups is 1. The molecule has 0 radical (unpaired) electrons. The molecule has 100 valence electrons. The van der Waals surface area contributed by atoms with E-state index in [1.807, 2.05) is 44.4 Å². The quantitative estimate of drug-likeness (QED) is 0.796. The summed E-state index contributed by atoms with van der Waals surface area (Å²) in [6, 6.07) is 5.87. The van der Waals surface area contributed by atoms with Crippen LogP contribution in [-0.4, -0.2) is 22.4 Å². The minimum absolute atomic E-state index is 0.0101. The zero-order chi connectivity index (χ0) is 13.8. The van der Waals surface area contributed by atoms with Gasteiger partial charge in [-0.15, -0.1) is 11.8 Å². The topological polar surface area (TPSA) is 38.7 Å². The second kappa shape index (κ2) is 6.30. The molecule has 0 N–H and O–H groups in total. The van der Waals surface area contributed by atoms with Crippen LogP contribution in [0.1, 0.15) is 18.1 Å². The first-order valence-electron chi connectivity index (χ1n) is 5.94. The number of nitrogens with zero attached hydrogens (tertiary/aromatic N) is 1. The van der Waals surface area contributed by atoms with E-state index in [1.54, 1.807) is 0 Å². The fourth-order valence-electron chi connectivity index (χ4n) is 1.71. The Hall–Kier alpha value is -1.20. The van der Waals surface area contributed by atoms with Gasteiger partial charge < -0.3 is 4.74 Å². The minimum Gasteiger partial charge on any atom is -0.494 e. The van der Waals surface area contributed by atoms with E-state index in [0.717, 1.165) is 21.3 Å². The van der Waals surface area contributed by atoms with E-state index in [4.69, 9.17) is 4.74 Å². The number of carbonyl (C=O) groups excluding carboxylic acids is 1. The molecule has 0 aromatic heterocycles. The van der Waals surface area contributed by atoms with Crippen molar-refractivity contribution in [2.75, 3.05) is 12.9 Å². The van der Waals surface area contributed by atoms with Crippen LogP contribution in [0.4, 0.5) is 0 Å². The fourth-order valence-corrected chi connectivity index (χ4v) is 2.98. The molecule has 0 spiro atoms. The number of hydrogen-bond donors (Lipinski definition) is 0. The lowest BCUT2D eigenvalue weighted by Crippen LogP contribution is -1.94. The molecule has 1 aliphatic heterocycles. The summed E-state index contributed by atoms with van der Waals surface area (Å²) in [5.41, 5.74) is 2.54. The number of ether oxygens (including phenoxy) is 1. The van der Waals surface area contributed by atoms with Crippen LogP contribution in [0.3, 0.4) is 0 Å². The molecule has 0 saturated carbocycles. The van der Waals surface area contributed by atoms with E-state index in [1.165, 1.54) is 23.5 Å². The third kappa shape index (κ3) is 3.42. The minimum atomic E-state index is 0.0101. The van der Waals surface area contributed by atoms with E-state index in [9.17, 15) is 4.79 Å². The fraction of sp³-hybridized carbons (Fsp3) is 0.286. The molecule has 19 heavy (non-hydrogen) atoms. The van der Waals surface area contributed by atoms with Gasteiger partial charge in [0.1, 0.15) is 15.8 Å². The predicted molar refractivity (Wildman–Crippen MR) is 83.9 cm³/mol. The van der Waals surface area contributed by atoms with Crippen LogP contribution >= 0.6 is 23.5 Å². The average Bonchev–Trinajstić information content (AvgIpc) is 2.74. The third-order valence-electron chi connectivity index (χ3n) is 2.58. The molecule has 3 nitrogen and oxygen atoms in total. The molecule has 1 aliphatic rings. The molecule has 0 aliphatic carbocycles. The summed E-state index contributed by atoms with van der Waals surface area (Å²) in [5, 5.41) is 0.0101. The molecule has 1 aromatic rings. The van der Waals surface area contributed by atoms with Crippen LogP contribution in [0.15, 0.2) is 28.9 Å². The Bertz CT molecular complexity index is 565. The van der Waals surface area contributed by atoms with Gasteiger partial charge in [0.15, 0.2) is 0 Å². The summed E-state index contributed by atoms with van der Waals surface area (Å²) in [5.74, 6) is 0.880. The highest BCUT2D eigenvalue weighted by Gasteiger charge is 2.21.